The highest BCUT2D eigenvalue weighted by Crippen LogP contribution is 2.44. The van der Waals surface area contributed by atoms with Crippen molar-refractivity contribution >= 4 is 45.6 Å². The number of nitrogens with zero attached hydrogens (tertiary/aromatic N) is 1. The molecule has 0 aromatic heterocycles. The smallest absolute Gasteiger partial charge is 0.310 e. The molecule has 2 aromatic rings. The number of anilines is 3. The van der Waals surface area contributed by atoms with Crippen LogP contribution in [0.4, 0.5) is 17.1 Å². The first-order valence-corrected chi connectivity index (χ1v) is 13.4. The SMILES string of the molecule is CCC(C(=O)O)c1ccc(N(CC(C)C)C2CCOCC2)c(Nc2ccc3c(c2)OC(C)(I)O3)c1. The number of hydrogen-bond donors (Lipinski definition) is 2. The molecule has 7 nitrogen and oxygen atoms in total. The lowest BCUT2D eigenvalue weighted by atomic mass is 9.94. The number of hydrogen-bond acceptors (Lipinski definition) is 6. The Hall–Kier alpha value is -2.20. The van der Waals surface area contributed by atoms with Gasteiger partial charge in [-0.05, 0) is 55.0 Å². The molecule has 2 heterocycles. The molecule has 0 radical (unpaired) electrons. The third-order valence-electron chi connectivity index (χ3n) is 6.44. The van der Waals surface area contributed by atoms with Crippen LogP contribution in [-0.2, 0) is 9.53 Å². The van der Waals surface area contributed by atoms with Crippen molar-refractivity contribution in [3.63, 3.8) is 0 Å². The van der Waals surface area contributed by atoms with Gasteiger partial charge in [-0.25, -0.2) is 0 Å². The average Bonchev–Trinajstić information content (AvgIpc) is 3.12. The molecule has 2 N–H and O–H groups in total. The predicted octanol–water partition coefficient (Wildman–Crippen LogP) is 6.53. The van der Waals surface area contributed by atoms with Gasteiger partial charge in [0.2, 0.25) is 0 Å². The first-order chi connectivity index (χ1) is 16.7. The van der Waals surface area contributed by atoms with E-state index < -0.39 is 15.7 Å². The van der Waals surface area contributed by atoms with Crippen LogP contribution in [0.2, 0.25) is 0 Å². The Bertz CT molecular complexity index is 1050. The number of carbonyl (C=O) groups is 1. The van der Waals surface area contributed by atoms with Crippen LogP contribution in [0.25, 0.3) is 0 Å². The van der Waals surface area contributed by atoms with Gasteiger partial charge in [0, 0.05) is 67.1 Å². The zero-order valence-corrected chi connectivity index (χ0v) is 23.0. The lowest BCUT2D eigenvalue weighted by Crippen LogP contribution is -2.42. The van der Waals surface area contributed by atoms with E-state index in [-0.39, 0.29) is 0 Å². The molecule has 0 aliphatic carbocycles. The number of ether oxygens (including phenoxy) is 3. The fraction of sp³-hybridized carbons (Fsp3) is 0.519. The van der Waals surface area contributed by atoms with Gasteiger partial charge in [-0.1, -0.05) is 26.8 Å². The summed E-state index contributed by atoms with van der Waals surface area (Å²) < 4.78 is 16.7. The summed E-state index contributed by atoms with van der Waals surface area (Å²) in [5.74, 6) is 0.508. The molecule has 0 saturated carbocycles. The number of aliphatic carboxylic acids is 1. The molecule has 190 valence electrons. The van der Waals surface area contributed by atoms with Gasteiger partial charge in [0.05, 0.1) is 17.3 Å². The number of carboxylic acids is 1. The molecule has 2 atom stereocenters. The van der Waals surface area contributed by atoms with Crippen molar-refractivity contribution in [1.29, 1.82) is 0 Å². The van der Waals surface area contributed by atoms with Gasteiger partial charge < -0.3 is 29.5 Å². The molecular formula is C27H35IN2O5. The van der Waals surface area contributed by atoms with E-state index in [1.54, 1.807) is 0 Å². The molecule has 1 saturated heterocycles. The topological polar surface area (TPSA) is 80.3 Å². The Labute approximate surface area is 221 Å². The maximum absolute atomic E-state index is 11.9. The minimum absolute atomic E-state index is 0.371. The van der Waals surface area contributed by atoms with Gasteiger partial charge in [0.25, 0.3) is 3.79 Å². The largest absolute Gasteiger partial charge is 0.481 e. The molecule has 2 aliphatic rings. The quantitative estimate of drug-likeness (QED) is 0.253. The van der Waals surface area contributed by atoms with Crippen molar-refractivity contribution < 1.29 is 24.1 Å². The summed E-state index contributed by atoms with van der Waals surface area (Å²) in [6.45, 7) is 10.7. The minimum Gasteiger partial charge on any atom is -0.481 e. The van der Waals surface area contributed by atoms with Gasteiger partial charge in [-0.2, -0.15) is 0 Å². The standard InChI is InChI=1S/C27H35IN2O5/c1-5-21(26(31)32)18-6-8-23(30(16-17(2)3)20-10-12-33-13-11-20)22(14-18)29-19-7-9-24-25(15-19)35-27(4,28)34-24/h6-9,14-15,17,20-21,29H,5,10-13,16H2,1-4H3,(H,31,32). The normalized spacial score (nSPS) is 20.6. The number of benzene rings is 2. The van der Waals surface area contributed by atoms with Crippen LogP contribution < -0.4 is 19.7 Å². The maximum Gasteiger partial charge on any atom is 0.310 e. The molecule has 0 spiro atoms. The highest BCUT2D eigenvalue weighted by molar-refractivity contribution is 14.1. The second-order valence-electron chi connectivity index (χ2n) is 9.79. The number of fused-ring (bicyclic) bond motifs is 1. The van der Waals surface area contributed by atoms with Crippen molar-refractivity contribution in [3.05, 3.63) is 42.0 Å². The van der Waals surface area contributed by atoms with E-state index in [1.165, 1.54) is 0 Å². The Kier molecular flexibility index (Phi) is 8.00. The third-order valence-corrected chi connectivity index (χ3v) is 6.88. The highest BCUT2D eigenvalue weighted by Gasteiger charge is 2.34. The van der Waals surface area contributed by atoms with Crippen molar-refractivity contribution in [2.24, 2.45) is 5.92 Å². The van der Waals surface area contributed by atoms with Crippen LogP contribution in [0.5, 0.6) is 11.5 Å². The van der Waals surface area contributed by atoms with Crippen LogP contribution >= 0.6 is 22.6 Å². The number of nitrogens with one attached hydrogen (secondary N) is 1. The van der Waals surface area contributed by atoms with Crippen LogP contribution in [-0.4, -0.2) is 40.7 Å². The zero-order valence-electron chi connectivity index (χ0n) is 20.8. The first-order valence-electron chi connectivity index (χ1n) is 12.4. The fourth-order valence-corrected chi connectivity index (χ4v) is 5.30. The van der Waals surface area contributed by atoms with E-state index >= 15 is 0 Å². The van der Waals surface area contributed by atoms with Crippen molar-refractivity contribution in [1.82, 2.24) is 0 Å². The fourth-order valence-electron chi connectivity index (χ4n) is 4.83. The van der Waals surface area contributed by atoms with Crippen LogP contribution in [0.1, 0.15) is 58.4 Å². The monoisotopic (exact) mass is 594 g/mol. The van der Waals surface area contributed by atoms with E-state index in [1.807, 2.05) is 44.2 Å². The summed E-state index contributed by atoms with van der Waals surface area (Å²) in [7, 11) is 0. The summed E-state index contributed by atoms with van der Waals surface area (Å²) in [6.07, 6.45) is 2.47. The molecular weight excluding hydrogens is 559 g/mol. The Balaban J connectivity index is 1.74. The lowest BCUT2D eigenvalue weighted by molar-refractivity contribution is -0.138. The first kappa shape index (κ1) is 25.9. The highest BCUT2D eigenvalue weighted by atomic mass is 127. The molecule has 0 bridgehead atoms. The summed E-state index contributed by atoms with van der Waals surface area (Å²) in [6, 6.07) is 12.2. The van der Waals surface area contributed by atoms with E-state index in [0.29, 0.717) is 29.9 Å². The summed E-state index contributed by atoms with van der Waals surface area (Å²) in [4.78, 5) is 14.4. The van der Waals surface area contributed by atoms with E-state index in [9.17, 15) is 9.90 Å². The third kappa shape index (κ3) is 6.14. The van der Waals surface area contributed by atoms with Gasteiger partial charge in [-0.15, -0.1) is 0 Å². The summed E-state index contributed by atoms with van der Waals surface area (Å²) in [5.41, 5.74) is 3.62. The Morgan fingerprint density at radius 1 is 1.17 bits per heavy atom. The Morgan fingerprint density at radius 2 is 1.89 bits per heavy atom. The van der Waals surface area contributed by atoms with Crippen molar-refractivity contribution in [2.45, 2.75) is 62.7 Å². The number of alkyl halides is 1. The molecule has 1 fully saturated rings. The van der Waals surface area contributed by atoms with Gasteiger partial charge in [-0.3, -0.25) is 4.79 Å². The summed E-state index contributed by atoms with van der Waals surface area (Å²) in [5, 5.41) is 13.4. The number of carboxylic acid groups (broad SMARTS) is 1. The lowest BCUT2D eigenvalue weighted by Gasteiger charge is -2.38. The zero-order chi connectivity index (χ0) is 25.2. The predicted molar refractivity (Wildman–Crippen MR) is 147 cm³/mol. The molecule has 2 aromatic carbocycles. The van der Waals surface area contributed by atoms with Gasteiger partial charge in [0.1, 0.15) is 0 Å². The summed E-state index contributed by atoms with van der Waals surface area (Å²) >= 11 is 2.13. The van der Waals surface area contributed by atoms with Crippen LogP contribution in [0, 0.1) is 5.92 Å². The van der Waals surface area contributed by atoms with E-state index in [2.05, 4.69) is 52.7 Å². The van der Waals surface area contributed by atoms with Crippen LogP contribution in [0.3, 0.4) is 0 Å². The van der Waals surface area contributed by atoms with Crippen molar-refractivity contribution in [2.75, 3.05) is 30.0 Å². The molecule has 2 aliphatic heterocycles. The average molecular weight is 594 g/mol. The second kappa shape index (κ2) is 10.8. The molecule has 4 rings (SSSR count). The van der Waals surface area contributed by atoms with Crippen molar-refractivity contribution in [3.8, 4) is 11.5 Å². The molecule has 35 heavy (non-hydrogen) atoms. The molecule has 8 heteroatoms. The maximum atomic E-state index is 11.9. The second-order valence-corrected chi connectivity index (χ2v) is 11.8. The number of rotatable bonds is 9. The van der Waals surface area contributed by atoms with Gasteiger partial charge >= 0.3 is 5.97 Å². The number of halogens is 1. The van der Waals surface area contributed by atoms with E-state index in [0.717, 1.165) is 55.2 Å². The van der Waals surface area contributed by atoms with E-state index in [4.69, 9.17) is 14.2 Å². The molecule has 0 amide bonds. The molecule has 2 unspecified atom stereocenters. The Morgan fingerprint density at radius 3 is 2.54 bits per heavy atom. The van der Waals surface area contributed by atoms with Gasteiger partial charge in [0.15, 0.2) is 11.5 Å². The van der Waals surface area contributed by atoms with Crippen LogP contribution in [0.15, 0.2) is 36.4 Å². The minimum atomic E-state index is -0.806.